The average molecular weight is 207 g/mol. The molecule has 78 valence electrons. The van der Waals surface area contributed by atoms with Crippen LogP contribution < -0.4 is 9.47 Å². The van der Waals surface area contributed by atoms with E-state index in [0.29, 0.717) is 12.4 Å². The van der Waals surface area contributed by atoms with E-state index in [4.69, 9.17) is 14.7 Å². The minimum absolute atomic E-state index is 0.0910. The van der Waals surface area contributed by atoms with Crippen LogP contribution in [-0.2, 0) is 0 Å². The highest BCUT2D eigenvalue weighted by Crippen LogP contribution is 2.37. The highest BCUT2D eigenvalue weighted by Gasteiger charge is 2.30. The summed E-state index contributed by atoms with van der Waals surface area (Å²) in [5.41, 5.74) is -0.263. The summed E-state index contributed by atoms with van der Waals surface area (Å²) in [5.74, 6) is -0.171. The normalized spacial score (nSPS) is 16.9. The van der Waals surface area contributed by atoms with E-state index in [1.165, 1.54) is 6.07 Å². The molecule has 0 bridgehead atoms. The number of benzene rings is 1. The Balaban J connectivity index is 2.50. The molecule has 1 aromatic carbocycles. The summed E-state index contributed by atoms with van der Waals surface area (Å²) in [7, 11) is 0. The van der Waals surface area contributed by atoms with Gasteiger partial charge >= 0.3 is 0 Å². The molecule has 0 amide bonds. The summed E-state index contributed by atoms with van der Waals surface area (Å²) in [6, 6.07) is 4.49. The van der Waals surface area contributed by atoms with Crippen LogP contribution in [0.3, 0.4) is 0 Å². The van der Waals surface area contributed by atoms with Gasteiger partial charge in [0.1, 0.15) is 12.2 Å². The summed E-state index contributed by atoms with van der Waals surface area (Å²) in [6.07, 6.45) is 0. The van der Waals surface area contributed by atoms with Crippen LogP contribution in [0.25, 0.3) is 0 Å². The van der Waals surface area contributed by atoms with Crippen molar-refractivity contribution >= 4 is 0 Å². The maximum atomic E-state index is 13.4. The van der Waals surface area contributed by atoms with Crippen molar-refractivity contribution in [3.8, 4) is 17.6 Å². The highest BCUT2D eigenvalue weighted by atomic mass is 19.1. The Labute approximate surface area is 87.0 Å². The Bertz CT molecular complexity index is 449. The summed E-state index contributed by atoms with van der Waals surface area (Å²) in [4.78, 5) is 0. The summed E-state index contributed by atoms with van der Waals surface area (Å²) in [6.45, 7) is 3.97. The molecule has 1 aliphatic heterocycles. The van der Waals surface area contributed by atoms with Gasteiger partial charge in [0.25, 0.3) is 0 Å². The number of hydrogen-bond donors (Lipinski definition) is 0. The summed E-state index contributed by atoms with van der Waals surface area (Å²) < 4.78 is 24.2. The fraction of sp³-hybridized carbons (Fsp3) is 0.364. The first-order valence-corrected chi connectivity index (χ1v) is 4.57. The van der Waals surface area contributed by atoms with Gasteiger partial charge in [0.2, 0.25) is 0 Å². The van der Waals surface area contributed by atoms with E-state index < -0.39 is 11.4 Å². The molecule has 1 aromatic rings. The first kappa shape index (κ1) is 9.78. The van der Waals surface area contributed by atoms with Crippen molar-refractivity contribution < 1.29 is 13.9 Å². The molecule has 0 N–H and O–H groups in total. The fourth-order valence-corrected chi connectivity index (χ4v) is 1.42. The number of ether oxygens (including phenoxy) is 2. The van der Waals surface area contributed by atoms with Crippen LogP contribution in [0.1, 0.15) is 19.4 Å². The van der Waals surface area contributed by atoms with Gasteiger partial charge in [0.15, 0.2) is 17.3 Å². The zero-order chi connectivity index (χ0) is 11.1. The third-order valence-electron chi connectivity index (χ3n) is 2.09. The highest BCUT2D eigenvalue weighted by molar-refractivity contribution is 5.49. The molecule has 0 aliphatic carbocycles. The molecule has 4 heteroatoms. The molecule has 0 fully saturated rings. The number of nitrogens with zero attached hydrogens (tertiary/aromatic N) is 1. The van der Waals surface area contributed by atoms with E-state index in [1.807, 2.05) is 19.9 Å². The van der Waals surface area contributed by atoms with Gasteiger partial charge in [-0.2, -0.15) is 5.26 Å². The molecule has 1 aliphatic rings. The zero-order valence-corrected chi connectivity index (χ0v) is 8.50. The predicted molar refractivity (Wildman–Crippen MR) is 51.3 cm³/mol. The van der Waals surface area contributed by atoms with Crippen LogP contribution in [0.4, 0.5) is 4.39 Å². The SMILES string of the molecule is CC1(C)COc2c(F)cc(C#N)cc2O1. The van der Waals surface area contributed by atoms with Crippen molar-refractivity contribution in [2.45, 2.75) is 19.4 Å². The van der Waals surface area contributed by atoms with Crippen molar-refractivity contribution in [2.75, 3.05) is 6.61 Å². The smallest absolute Gasteiger partial charge is 0.197 e. The second-order valence-electron chi connectivity index (χ2n) is 4.05. The molecule has 15 heavy (non-hydrogen) atoms. The topological polar surface area (TPSA) is 42.2 Å². The molecule has 0 radical (unpaired) electrons. The average Bonchev–Trinajstić information content (AvgIpc) is 2.15. The summed E-state index contributed by atoms with van der Waals surface area (Å²) >= 11 is 0. The van der Waals surface area contributed by atoms with Crippen LogP contribution in [0.5, 0.6) is 11.5 Å². The Hall–Kier alpha value is -1.76. The molecule has 0 saturated heterocycles. The minimum atomic E-state index is -0.556. The Morgan fingerprint density at radius 3 is 2.87 bits per heavy atom. The quantitative estimate of drug-likeness (QED) is 0.655. The maximum Gasteiger partial charge on any atom is 0.197 e. The molecule has 2 rings (SSSR count). The van der Waals surface area contributed by atoms with E-state index in [2.05, 4.69) is 0 Å². The van der Waals surface area contributed by atoms with Gasteiger partial charge in [-0.15, -0.1) is 0 Å². The Morgan fingerprint density at radius 1 is 1.47 bits per heavy atom. The third kappa shape index (κ3) is 1.73. The van der Waals surface area contributed by atoms with Gasteiger partial charge in [-0.1, -0.05) is 0 Å². The van der Waals surface area contributed by atoms with Crippen molar-refractivity contribution in [1.29, 1.82) is 5.26 Å². The lowest BCUT2D eigenvalue weighted by atomic mass is 10.1. The largest absolute Gasteiger partial charge is 0.483 e. The molecule has 0 atom stereocenters. The van der Waals surface area contributed by atoms with E-state index in [9.17, 15) is 4.39 Å². The van der Waals surface area contributed by atoms with Gasteiger partial charge in [0, 0.05) is 6.07 Å². The monoisotopic (exact) mass is 207 g/mol. The number of halogens is 1. The van der Waals surface area contributed by atoms with Crippen LogP contribution >= 0.6 is 0 Å². The maximum absolute atomic E-state index is 13.4. The predicted octanol–water partition coefficient (Wildman–Crippen LogP) is 2.25. The number of nitriles is 1. The van der Waals surface area contributed by atoms with Crippen molar-refractivity contribution in [3.63, 3.8) is 0 Å². The van der Waals surface area contributed by atoms with Gasteiger partial charge < -0.3 is 9.47 Å². The lowest BCUT2D eigenvalue weighted by Gasteiger charge is -2.32. The molecular formula is C11H10FNO2. The molecule has 0 spiro atoms. The van der Waals surface area contributed by atoms with Gasteiger partial charge in [-0.25, -0.2) is 4.39 Å². The molecule has 0 saturated carbocycles. The van der Waals surface area contributed by atoms with Gasteiger partial charge in [0.05, 0.1) is 11.6 Å². The van der Waals surface area contributed by atoms with Gasteiger partial charge in [-0.3, -0.25) is 0 Å². The second-order valence-corrected chi connectivity index (χ2v) is 4.05. The van der Waals surface area contributed by atoms with Crippen molar-refractivity contribution in [1.82, 2.24) is 0 Å². The van der Waals surface area contributed by atoms with Gasteiger partial charge in [-0.05, 0) is 19.9 Å². The van der Waals surface area contributed by atoms with Crippen molar-refractivity contribution in [3.05, 3.63) is 23.5 Å². The minimum Gasteiger partial charge on any atom is -0.483 e. The molecule has 0 unspecified atom stereocenters. The first-order valence-electron chi connectivity index (χ1n) is 4.57. The third-order valence-corrected chi connectivity index (χ3v) is 2.09. The molecule has 0 aromatic heterocycles. The van der Waals surface area contributed by atoms with Crippen LogP contribution in [-0.4, -0.2) is 12.2 Å². The van der Waals surface area contributed by atoms with Crippen LogP contribution in [0.15, 0.2) is 12.1 Å². The zero-order valence-electron chi connectivity index (χ0n) is 8.50. The van der Waals surface area contributed by atoms with Crippen LogP contribution in [0.2, 0.25) is 0 Å². The van der Waals surface area contributed by atoms with E-state index in [-0.39, 0.29) is 11.3 Å². The first-order chi connectivity index (χ1) is 7.02. The van der Waals surface area contributed by atoms with E-state index in [1.54, 1.807) is 0 Å². The standard InChI is InChI=1S/C11H10FNO2/c1-11(2)6-14-10-8(12)3-7(5-13)4-9(10)15-11/h3-4H,6H2,1-2H3. The van der Waals surface area contributed by atoms with E-state index >= 15 is 0 Å². The van der Waals surface area contributed by atoms with E-state index in [0.717, 1.165) is 6.07 Å². The number of fused-ring (bicyclic) bond motifs is 1. The fourth-order valence-electron chi connectivity index (χ4n) is 1.42. The summed E-state index contributed by atoms with van der Waals surface area (Å²) in [5, 5.41) is 8.68. The van der Waals surface area contributed by atoms with Crippen LogP contribution in [0, 0.1) is 17.1 Å². The lowest BCUT2D eigenvalue weighted by molar-refractivity contribution is 0.0184. The van der Waals surface area contributed by atoms with Crippen molar-refractivity contribution in [2.24, 2.45) is 0 Å². The number of hydrogen-bond acceptors (Lipinski definition) is 3. The Morgan fingerprint density at radius 2 is 2.20 bits per heavy atom. The second kappa shape index (κ2) is 3.13. The number of rotatable bonds is 0. The molecular weight excluding hydrogens is 197 g/mol. The molecule has 3 nitrogen and oxygen atoms in total. The molecule has 1 heterocycles. The lowest BCUT2D eigenvalue weighted by Crippen LogP contribution is -2.39. The Kier molecular flexibility index (Phi) is 2.04.